The van der Waals surface area contributed by atoms with Crippen LogP contribution >= 0.6 is 0 Å². The second-order valence-electron chi connectivity index (χ2n) is 5.72. The molecule has 0 aliphatic carbocycles. The molecule has 1 aromatic rings. The Hall–Kier alpha value is -1.71. The predicted molar refractivity (Wildman–Crippen MR) is 72.1 cm³/mol. The third kappa shape index (κ3) is 2.58. The van der Waals surface area contributed by atoms with Crippen LogP contribution < -0.4 is 10.2 Å². The minimum atomic E-state index is -0.279. The van der Waals surface area contributed by atoms with Gasteiger partial charge in [0.1, 0.15) is 5.75 Å². The fourth-order valence-corrected chi connectivity index (χ4v) is 2.22. The van der Waals surface area contributed by atoms with E-state index in [2.05, 4.69) is 5.32 Å². The van der Waals surface area contributed by atoms with Gasteiger partial charge in [-0.3, -0.25) is 4.90 Å². The van der Waals surface area contributed by atoms with Crippen LogP contribution in [0.3, 0.4) is 0 Å². The highest BCUT2D eigenvalue weighted by molar-refractivity contribution is 5.95. The molecule has 0 fully saturated rings. The maximum Gasteiger partial charge on any atom is 0.322 e. The lowest BCUT2D eigenvalue weighted by Crippen LogP contribution is -2.50. The highest BCUT2D eigenvalue weighted by Gasteiger charge is 2.27. The average molecular weight is 248 g/mol. The Labute approximate surface area is 108 Å². The summed E-state index contributed by atoms with van der Waals surface area (Å²) in [4.78, 5) is 13.9. The molecule has 1 heterocycles. The number of anilines is 1. The molecular formula is C14H20N2O2. The van der Waals surface area contributed by atoms with E-state index in [1.807, 2.05) is 32.9 Å². The van der Waals surface area contributed by atoms with Crippen LogP contribution in [0.25, 0.3) is 0 Å². The van der Waals surface area contributed by atoms with Gasteiger partial charge in [-0.25, -0.2) is 4.79 Å². The molecule has 0 unspecified atom stereocenters. The summed E-state index contributed by atoms with van der Waals surface area (Å²) in [6.07, 6.45) is 1.83. The number of nitrogens with one attached hydrogen (secondary N) is 1. The number of nitrogens with zero attached hydrogens (tertiary/aromatic N) is 1. The molecule has 0 atom stereocenters. The van der Waals surface area contributed by atoms with Crippen LogP contribution in [0.15, 0.2) is 18.2 Å². The molecule has 2 rings (SSSR count). The van der Waals surface area contributed by atoms with Crippen LogP contribution in [0.2, 0.25) is 0 Å². The van der Waals surface area contributed by atoms with E-state index in [1.54, 1.807) is 11.0 Å². The summed E-state index contributed by atoms with van der Waals surface area (Å²) in [5, 5.41) is 12.9. The second kappa shape index (κ2) is 4.52. The molecule has 0 spiro atoms. The van der Waals surface area contributed by atoms with E-state index in [-0.39, 0.29) is 17.3 Å². The summed E-state index contributed by atoms with van der Waals surface area (Å²) >= 11 is 0. The summed E-state index contributed by atoms with van der Waals surface area (Å²) < 4.78 is 0. The smallest absolute Gasteiger partial charge is 0.322 e. The van der Waals surface area contributed by atoms with Crippen molar-refractivity contribution in [3.63, 3.8) is 0 Å². The maximum atomic E-state index is 12.2. The van der Waals surface area contributed by atoms with Gasteiger partial charge in [-0.2, -0.15) is 0 Å². The number of para-hydroxylation sites is 1. The summed E-state index contributed by atoms with van der Waals surface area (Å²) in [5.41, 5.74) is 1.41. The molecule has 18 heavy (non-hydrogen) atoms. The van der Waals surface area contributed by atoms with E-state index >= 15 is 0 Å². The highest BCUT2D eigenvalue weighted by Crippen LogP contribution is 2.35. The third-order valence-corrected chi connectivity index (χ3v) is 2.92. The molecule has 98 valence electrons. The zero-order valence-corrected chi connectivity index (χ0v) is 11.2. The number of carbonyl (C=O) groups is 1. The van der Waals surface area contributed by atoms with Gasteiger partial charge in [0, 0.05) is 12.1 Å². The van der Waals surface area contributed by atoms with Gasteiger partial charge in [0.25, 0.3) is 0 Å². The van der Waals surface area contributed by atoms with Gasteiger partial charge in [0.2, 0.25) is 0 Å². The number of phenols is 1. The molecule has 0 bridgehead atoms. The molecule has 4 heteroatoms. The van der Waals surface area contributed by atoms with Crippen molar-refractivity contribution in [2.45, 2.75) is 39.2 Å². The van der Waals surface area contributed by atoms with Crippen molar-refractivity contribution in [2.24, 2.45) is 0 Å². The first kappa shape index (κ1) is 12.7. The molecule has 1 aliphatic heterocycles. The molecule has 2 N–H and O–H groups in total. The number of phenolic OH excluding ortho intramolecular Hbond substituents is 1. The molecule has 0 aromatic heterocycles. The standard InChI is InChI=1S/C14H20N2O2/c1-14(2,3)15-13(18)16-9-5-7-10-6-4-8-11(17)12(10)16/h4,6,8,17H,5,7,9H2,1-3H3,(H,15,18). The number of urea groups is 1. The molecule has 0 saturated carbocycles. The number of benzene rings is 1. The molecule has 4 nitrogen and oxygen atoms in total. The van der Waals surface area contributed by atoms with Gasteiger partial charge < -0.3 is 10.4 Å². The quantitative estimate of drug-likeness (QED) is 0.741. The van der Waals surface area contributed by atoms with Gasteiger partial charge >= 0.3 is 6.03 Å². The van der Waals surface area contributed by atoms with Crippen LogP contribution in [0.5, 0.6) is 5.75 Å². The predicted octanol–water partition coefficient (Wildman–Crippen LogP) is 2.65. The summed E-state index contributed by atoms with van der Waals surface area (Å²) in [6, 6.07) is 5.26. The van der Waals surface area contributed by atoms with E-state index in [4.69, 9.17) is 0 Å². The SMILES string of the molecule is CC(C)(C)NC(=O)N1CCCc2cccc(O)c21. The zero-order valence-electron chi connectivity index (χ0n) is 11.2. The van der Waals surface area contributed by atoms with Gasteiger partial charge in [0.15, 0.2) is 0 Å². The van der Waals surface area contributed by atoms with Gasteiger partial charge in [-0.1, -0.05) is 12.1 Å². The summed E-state index contributed by atoms with van der Waals surface area (Å²) in [5.74, 6) is 0.177. The third-order valence-electron chi connectivity index (χ3n) is 2.92. The normalized spacial score (nSPS) is 15.2. The lowest BCUT2D eigenvalue weighted by molar-refractivity contribution is 0.237. The zero-order chi connectivity index (χ0) is 13.3. The Morgan fingerprint density at radius 1 is 1.39 bits per heavy atom. The fourth-order valence-electron chi connectivity index (χ4n) is 2.22. The van der Waals surface area contributed by atoms with E-state index in [0.717, 1.165) is 18.4 Å². The van der Waals surface area contributed by atoms with Crippen molar-refractivity contribution >= 4 is 11.7 Å². The number of fused-ring (bicyclic) bond motifs is 1. The minimum absolute atomic E-state index is 0.148. The Kier molecular flexibility index (Phi) is 3.20. The highest BCUT2D eigenvalue weighted by atomic mass is 16.3. The van der Waals surface area contributed by atoms with Crippen LogP contribution in [-0.2, 0) is 6.42 Å². The summed E-state index contributed by atoms with van der Waals surface area (Å²) in [6.45, 7) is 6.48. The molecule has 0 saturated heterocycles. The molecule has 1 aromatic carbocycles. The number of amides is 2. The van der Waals surface area contributed by atoms with Crippen LogP contribution in [0.1, 0.15) is 32.8 Å². The Bertz CT molecular complexity index is 463. The average Bonchev–Trinajstić information content (AvgIpc) is 2.26. The van der Waals surface area contributed by atoms with Crippen LogP contribution in [0, 0.1) is 0 Å². The monoisotopic (exact) mass is 248 g/mol. The molecule has 0 radical (unpaired) electrons. The Morgan fingerprint density at radius 2 is 2.11 bits per heavy atom. The van der Waals surface area contributed by atoms with Crippen molar-refractivity contribution in [2.75, 3.05) is 11.4 Å². The second-order valence-corrected chi connectivity index (χ2v) is 5.72. The molecular weight excluding hydrogens is 228 g/mol. The number of carbonyl (C=O) groups excluding carboxylic acids is 1. The fraction of sp³-hybridized carbons (Fsp3) is 0.500. The van der Waals surface area contributed by atoms with Crippen LogP contribution in [-0.4, -0.2) is 23.2 Å². The van der Waals surface area contributed by atoms with E-state index < -0.39 is 0 Å². The molecule has 2 amide bonds. The Balaban J connectivity index is 2.30. The summed E-state index contributed by atoms with van der Waals surface area (Å²) in [7, 11) is 0. The lowest BCUT2D eigenvalue weighted by Gasteiger charge is -2.33. The van der Waals surface area contributed by atoms with E-state index in [1.165, 1.54) is 0 Å². The largest absolute Gasteiger partial charge is 0.506 e. The number of hydrogen-bond acceptors (Lipinski definition) is 2. The number of aromatic hydroxyl groups is 1. The number of rotatable bonds is 0. The van der Waals surface area contributed by atoms with Gasteiger partial charge in [-0.05, 0) is 45.2 Å². The van der Waals surface area contributed by atoms with E-state index in [0.29, 0.717) is 12.2 Å². The first-order valence-corrected chi connectivity index (χ1v) is 6.29. The number of hydrogen-bond donors (Lipinski definition) is 2. The topological polar surface area (TPSA) is 52.6 Å². The van der Waals surface area contributed by atoms with E-state index in [9.17, 15) is 9.90 Å². The Morgan fingerprint density at radius 3 is 2.78 bits per heavy atom. The first-order chi connectivity index (χ1) is 8.38. The van der Waals surface area contributed by atoms with Crippen molar-refractivity contribution in [3.8, 4) is 5.75 Å². The van der Waals surface area contributed by atoms with Gasteiger partial charge in [0.05, 0.1) is 5.69 Å². The van der Waals surface area contributed by atoms with Crippen molar-refractivity contribution in [1.29, 1.82) is 0 Å². The lowest BCUT2D eigenvalue weighted by atomic mass is 10.0. The van der Waals surface area contributed by atoms with Crippen molar-refractivity contribution < 1.29 is 9.90 Å². The first-order valence-electron chi connectivity index (χ1n) is 6.29. The van der Waals surface area contributed by atoms with Crippen molar-refractivity contribution in [3.05, 3.63) is 23.8 Å². The van der Waals surface area contributed by atoms with Crippen molar-refractivity contribution in [1.82, 2.24) is 5.32 Å². The number of aryl methyl sites for hydroxylation is 1. The molecule has 1 aliphatic rings. The van der Waals surface area contributed by atoms with Crippen LogP contribution in [0.4, 0.5) is 10.5 Å². The maximum absolute atomic E-state index is 12.2. The van der Waals surface area contributed by atoms with Gasteiger partial charge in [-0.15, -0.1) is 0 Å². The minimum Gasteiger partial charge on any atom is -0.506 e.